The predicted octanol–water partition coefficient (Wildman–Crippen LogP) is 4.89. The Morgan fingerprint density at radius 3 is 2.39 bits per heavy atom. The zero-order chi connectivity index (χ0) is 23.7. The molecule has 0 saturated carbocycles. The van der Waals surface area contributed by atoms with Gasteiger partial charge in [-0.25, -0.2) is 4.90 Å². The van der Waals surface area contributed by atoms with Crippen molar-refractivity contribution in [2.45, 2.75) is 26.7 Å². The lowest BCUT2D eigenvalue weighted by molar-refractivity contribution is -0.142. The van der Waals surface area contributed by atoms with Crippen LogP contribution in [0.3, 0.4) is 0 Å². The van der Waals surface area contributed by atoms with Crippen molar-refractivity contribution in [3.63, 3.8) is 0 Å². The zero-order valence-corrected chi connectivity index (χ0v) is 18.9. The van der Waals surface area contributed by atoms with Crippen LogP contribution >= 0.6 is 11.6 Å². The Bertz CT molecular complexity index is 1290. The molecule has 1 aliphatic heterocycles. The van der Waals surface area contributed by atoms with Crippen LogP contribution in [0.15, 0.2) is 42.5 Å². The van der Waals surface area contributed by atoms with Crippen LogP contribution in [0.5, 0.6) is 11.5 Å². The Morgan fingerprint density at radius 1 is 1.03 bits per heavy atom. The van der Waals surface area contributed by atoms with E-state index in [2.05, 4.69) is 0 Å². The summed E-state index contributed by atoms with van der Waals surface area (Å²) in [7, 11) is 0. The van der Waals surface area contributed by atoms with E-state index in [0.717, 1.165) is 4.90 Å². The molecule has 0 bridgehead atoms. The molecule has 0 fully saturated rings. The van der Waals surface area contributed by atoms with E-state index >= 15 is 0 Å². The van der Waals surface area contributed by atoms with E-state index in [1.54, 1.807) is 37.3 Å². The lowest BCUT2D eigenvalue weighted by Gasteiger charge is -2.16. The Kier molecular flexibility index (Phi) is 6.24. The van der Waals surface area contributed by atoms with Gasteiger partial charge in [0.2, 0.25) is 0 Å². The zero-order valence-electron chi connectivity index (χ0n) is 18.2. The van der Waals surface area contributed by atoms with Crippen LogP contribution in [0.25, 0.3) is 10.8 Å². The molecule has 1 heterocycles. The van der Waals surface area contributed by atoms with E-state index in [1.165, 1.54) is 12.1 Å². The van der Waals surface area contributed by atoms with Crippen molar-refractivity contribution in [3.05, 3.63) is 64.2 Å². The maximum atomic E-state index is 13.5. The summed E-state index contributed by atoms with van der Waals surface area (Å²) >= 11 is 6.42. The topological polar surface area (TPSA) is 93.1 Å². The van der Waals surface area contributed by atoms with Crippen molar-refractivity contribution in [1.29, 1.82) is 0 Å². The molecule has 0 aliphatic carbocycles. The minimum atomic E-state index is -0.695. The first-order chi connectivity index (χ1) is 15.9. The van der Waals surface area contributed by atoms with Gasteiger partial charge in [-0.3, -0.25) is 14.4 Å². The number of rotatable bonds is 7. The molecule has 8 heteroatoms. The number of amides is 2. The van der Waals surface area contributed by atoms with Crippen molar-refractivity contribution < 1.29 is 29.0 Å². The lowest BCUT2D eigenvalue weighted by atomic mass is 9.99. The van der Waals surface area contributed by atoms with E-state index in [1.807, 2.05) is 6.92 Å². The molecule has 33 heavy (non-hydrogen) atoms. The van der Waals surface area contributed by atoms with Gasteiger partial charge in [-0.2, -0.15) is 0 Å². The molecule has 0 radical (unpaired) electrons. The van der Waals surface area contributed by atoms with Gasteiger partial charge in [0, 0.05) is 10.8 Å². The second-order valence-corrected chi connectivity index (χ2v) is 7.94. The number of esters is 1. The van der Waals surface area contributed by atoms with Gasteiger partial charge in [-0.1, -0.05) is 48.9 Å². The van der Waals surface area contributed by atoms with Gasteiger partial charge >= 0.3 is 5.97 Å². The molecule has 1 N–H and O–H groups in total. The smallest absolute Gasteiger partial charge is 0.310 e. The highest BCUT2D eigenvalue weighted by Gasteiger charge is 2.43. The van der Waals surface area contributed by atoms with Crippen LogP contribution in [0.4, 0.5) is 5.69 Å². The van der Waals surface area contributed by atoms with E-state index in [-0.39, 0.29) is 46.4 Å². The van der Waals surface area contributed by atoms with Crippen LogP contribution in [0.2, 0.25) is 5.02 Å². The summed E-state index contributed by atoms with van der Waals surface area (Å²) in [6.07, 6.45) is 0.709. The molecule has 3 aromatic rings. The Balaban J connectivity index is 1.81. The molecule has 4 rings (SSSR count). The summed E-state index contributed by atoms with van der Waals surface area (Å²) in [5, 5.41) is 12.0. The number of benzene rings is 3. The summed E-state index contributed by atoms with van der Waals surface area (Å²) in [6.45, 7) is 4.25. The van der Waals surface area contributed by atoms with Gasteiger partial charge in [-0.15, -0.1) is 0 Å². The number of hydrogen-bond donors (Lipinski definition) is 1. The number of aromatic hydroxyl groups is 1. The first-order valence-corrected chi connectivity index (χ1v) is 11.0. The fraction of sp³-hybridized carbons (Fsp3) is 0.240. The first kappa shape index (κ1) is 22.6. The molecule has 0 spiro atoms. The van der Waals surface area contributed by atoms with Gasteiger partial charge in [-0.05, 0) is 31.0 Å². The molecule has 170 valence electrons. The summed E-state index contributed by atoms with van der Waals surface area (Å²) in [5.74, 6) is -1.75. The number of hydrogen-bond acceptors (Lipinski definition) is 6. The SMILES string of the molecule is CCCOc1c2c(c(O)c3ccccc13)C(=O)N(c1ccc(CC(=O)OCC)cc1Cl)C2=O. The number of phenols is 1. The number of halogens is 1. The maximum absolute atomic E-state index is 13.5. The van der Waals surface area contributed by atoms with Crippen molar-refractivity contribution >= 4 is 45.8 Å². The summed E-state index contributed by atoms with van der Waals surface area (Å²) in [4.78, 5) is 39.5. The third kappa shape index (κ3) is 3.89. The minimum Gasteiger partial charge on any atom is -0.506 e. The number of nitrogens with zero attached hydrogens (tertiary/aromatic N) is 1. The average molecular weight is 468 g/mol. The van der Waals surface area contributed by atoms with Gasteiger partial charge < -0.3 is 14.6 Å². The van der Waals surface area contributed by atoms with Crippen LogP contribution in [-0.4, -0.2) is 36.1 Å². The summed E-state index contributed by atoms with van der Waals surface area (Å²) in [6, 6.07) is 11.5. The fourth-order valence-electron chi connectivity index (χ4n) is 3.91. The van der Waals surface area contributed by atoms with Crippen LogP contribution < -0.4 is 9.64 Å². The lowest BCUT2D eigenvalue weighted by Crippen LogP contribution is -2.29. The second kappa shape index (κ2) is 9.11. The van der Waals surface area contributed by atoms with Crippen LogP contribution in [-0.2, 0) is 16.0 Å². The van der Waals surface area contributed by atoms with E-state index < -0.39 is 17.8 Å². The van der Waals surface area contributed by atoms with Crippen molar-refractivity contribution in [2.24, 2.45) is 0 Å². The van der Waals surface area contributed by atoms with Gasteiger partial charge in [0.25, 0.3) is 11.8 Å². The highest BCUT2D eigenvalue weighted by molar-refractivity contribution is 6.41. The fourth-order valence-corrected chi connectivity index (χ4v) is 4.20. The molecule has 1 aliphatic rings. The molecule has 0 aromatic heterocycles. The highest BCUT2D eigenvalue weighted by atomic mass is 35.5. The number of anilines is 1. The minimum absolute atomic E-state index is 0.0105. The van der Waals surface area contributed by atoms with E-state index in [4.69, 9.17) is 21.1 Å². The predicted molar refractivity (Wildman–Crippen MR) is 124 cm³/mol. The quantitative estimate of drug-likeness (QED) is 0.392. The number of carbonyl (C=O) groups excluding carboxylic acids is 3. The van der Waals surface area contributed by atoms with E-state index in [0.29, 0.717) is 29.4 Å². The van der Waals surface area contributed by atoms with Crippen molar-refractivity contribution in [1.82, 2.24) is 0 Å². The molecule has 0 unspecified atom stereocenters. The first-order valence-electron chi connectivity index (χ1n) is 10.6. The third-order valence-electron chi connectivity index (χ3n) is 5.33. The molecule has 0 saturated heterocycles. The Labute approximate surface area is 195 Å². The number of carbonyl (C=O) groups is 3. The van der Waals surface area contributed by atoms with E-state index in [9.17, 15) is 19.5 Å². The number of ether oxygens (including phenoxy) is 2. The number of phenolic OH excluding ortho intramolecular Hbond substituents is 1. The van der Waals surface area contributed by atoms with Crippen molar-refractivity contribution in [2.75, 3.05) is 18.1 Å². The molecule has 2 amide bonds. The highest BCUT2D eigenvalue weighted by Crippen LogP contribution is 2.46. The number of imide groups is 1. The Morgan fingerprint density at radius 2 is 1.73 bits per heavy atom. The van der Waals surface area contributed by atoms with Gasteiger partial charge in [0.15, 0.2) is 0 Å². The standard InChI is InChI=1S/C25H22ClNO6/c1-3-11-33-23-16-8-6-5-7-15(16)22(29)20-21(23)25(31)27(24(20)30)18-10-9-14(12-17(18)26)13-19(28)32-4-2/h5-10,12,29H,3-4,11,13H2,1-2H3. The summed E-state index contributed by atoms with van der Waals surface area (Å²) < 4.78 is 10.8. The van der Waals surface area contributed by atoms with Crippen molar-refractivity contribution in [3.8, 4) is 11.5 Å². The monoisotopic (exact) mass is 467 g/mol. The molecule has 3 aromatic carbocycles. The van der Waals surface area contributed by atoms with Gasteiger partial charge in [0.1, 0.15) is 11.5 Å². The molecular weight excluding hydrogens is 446 g/mol. The number of fused-ring (bicyclic) bond motifs is 2. The molecule has 7 nitrogen and oxygen atoms in total. The Hall–Kier alpha value is -3.58. The van der Waals surface area contributed by atoms with Crippen LogP contribution in [0, 0.1) is 0 Å². The van der Waals surface area contributed by atoms with Crippen LogP contribution in [0.1, 0.15) is 46.5 Å². The maximum Gasteiger partial charge on any atom is 0.310 e. The summed E-state index contributed by atoms with van der Waals surface area (Å²) in [5.41, 5.74) is 0.632. The van der Waals surface area contributed by atoms with Gasteiger partial charge in [0.05, 0.1) is 41.5 Å². The normalized spacial score (nSPS) is 12.9. The molecular formula is C25H22ClNO6. The second-order valence-electron chi connectivity index (χ2n) is 7.54. The largest absolute Gasteiger partial charge is 0.506 e. The molecule has 0 atom stereocenters. The third-order valence-corrected chi connectivity index (χ3v) is 5.63. The average Bonchev–Trinajstić information content (AvgIpc) is 3.05.